The number of nitrogens with zero attached hydrogens (tertiary/aromatic N) is 1. The highest BCUT2D eigenvalue weighted by molar-refractivity contribution is 5.79. The number of H-pyrrole nitrogens is 1. The first kappa shape index (κ1) is 12.9. The summed E-state index contributed by atoms with van der Waals surface area (Å²) in [6.45, 7) is 4.36. The highest BCUT2D eigenvalue weighted by Crippen LogP contribution is 2.18. The number of hydrogen-bond donors (Lipinski definition) is 2. The van der Waals surface area contributed by atoms with Crippen molar-refractivity contribution < 1.29 is 14.6 Å². The number of rotatable bonds is 6. The van der Waals surface area contributed by atoms with Crippen LogP contribution < -0.4 is 4.74 Å². The molecule has 0 fully saturated rings. The van der Waals surface area contributed by atoms with Crippen LogP contribution in [0.1, 0.15) is 13.8 Å². The minimum Gasteiger partial charge on any atom is -0.491 e. The van der Waals surface area contributed by atoms with Crippen LogP contribution in [0.15, 0.2) is 24.4 Å². The van der Waals surface area contributed by atoms with Gasteiger partial charge in [0.25, 0.3) is 0 Å². The number of aliphatic hydroxyl groups excluding tert-OH is 1. The van der Waals surface area contributed by atoms with Crippen LogP contribution in [-0.4, -0.2) is 40.7 Å². The summed E-state index contributed by atoms with van der Waals surface area (Å²) in [7, 11) is 0. The zero-order chi connectivity index (χ0) is 13.0. The largest absolute Gasteiger partial charge is 0.491 e. The predicted molar refractivity (Wildman–Crippen MR) is 68.7 cm³/mol. The molecule has 2 aromatic rings. The van der Waals surface area contributed by atoms with Crippen molar-refractivity contribution in [2.45, 2.75) is 26.1 Å². The number of aromatic amines is 1. The van der Waals surface area contributed by atoms with Gasteiger partial charge in [0.15, 0.2) is 0 Å². The van der Waals surface area contributed by atoms with Gasteiger partial charge in [0, 0.05) is 11.5 Å². The monoisotopic (exact) mass is 250 g/mol. The Hall–Kier alpha value is -1.59. The van der Waals surface area contributed by atoms with Gasteiger partial charge in [0.2, 0.25) is 0 Å². The number of nitrogens with one attached hydrogen (secondary N) is 1. The van der Waals surface area contributed by atoms with E-state index < -0.39 is 6.10 Å². The van der Waals surface area contributed by atoms with E-state index in [0.29, 0.717) is 5.75 Å². The summed E-state index contributed by atoms with van der Waals surface area (Å²) in [5, 5.41) is 17.5. The number of aliphatic hydroxyl groups is 1. The summed E-state index contributed by atoms with van der Waals surface area (Å²) in [5.41, 5.74) is 0.917. The molecule has 0 spiro atoms. The third-order valence-electron chi connectivity index (χ3n) is 2.48. The van der Waals surface area contributed by atoms with Crippen molar-refractivity contribution in [3.63, 3.8) is 0 Å². The van der Waals surface area contributed by atoms with Crippen molar-refractivity contribution in [2.75, 3.05) is 13.2 Å². The van der Waals surface area contributed by atoms with Crippen LogP contribution in [0.25, 0.3) is 10.9 Å². The van der Waals surface area contributed by atoms with E-state index in [1.807, 2.05) is 32.0 Å². The van der Waals surface area contributed by atoms with Crippen LogP contribution in [0.2, 0.25) is 0 Å². The van der Waals surface area contributed by atoms with E-state index in [4.69, 9.17) is 9.47 Å². The summed E-state index contributed by atoms with van der Waals surface area (Å²) in [6, 6.07) is 5.64. The Kier molecular flexibility index (Phi) is 4.17. The summed E-state index contributed by atoms with van der Waals surface area (Å²) in [6.07, 6.45) is 1.25. The third-order valence-corrected chi connectivity index (χ3v) is 2.48. The molecule has 0 saturated heterocycles. The van der Waals surface area contributed by atoms with E-state index in [-0.39, 0.29) is 19.3 Å². The minimum atomic E-state index is -0.620. The first-order chi connectivity index (χ1) is 8.65. The zero-order valence-electron chi connectivity index (χ0n) is 10.6. The van der Waals surface area contributed by atoms with E-state index in [1.54, 1.807) is 6.20 Å². The SMILES string of the molecule is CC(C)OC[C@@H](O)COc1ccc2cn[nH]c2c1. The van der Waals surface area contributed by atoms with Crippen LogP contribution in [0.5, 0.6) is 5.75 Å². The molecule has 1 aromatic heterocycles. The molecule has 5 nitrogen and oxygen atoms in total. The van der Waals surface area contributed by atoms with Gasteiger partial charge in [0.1, 0.15) is 18.5 Å². The molecule has 0 aliphatic heterocycles. The Labute approximate surface area is 106 Å². The average Bonchev–Trinajstić information content (AvgIpc) is 2.81. The first-order valence-electron chi connectivity index (χ1n) is 6.01. The van der Waals surface area contributed by atoms with Crippen LogP contribution >= 0.6 is 0 Å². The van der Waals surface area contributed by atoms with Crippen molar-refractivity contribution in [1.82, 2.24) is 10.2 Å². The first-order valence-corrected chi connectivity index (χ1v) is 6.01. The summed E-state index contributed by atoms with van der Waals surface area (Å²) in [5.74, 6) is 0.704. The molecule has 98 valence electrons. The fourth-order valence-corrected chi connectivity index (χ4v) is 1.55. The number of ether oxygens (including phenoxy) is 2. The second kappa shape index (κ2) is 5.84. The second-order valence-corrected chi connectivity index (χ2v) is 4.47. The van der Waals surface area contributed by atoms with Crippen molar-refractivity contribution >= 4 is 10.9 Å². The minimum absolute atomic E-state index is 0.112. The van der Waals surface area contributed by atoms with Gasteiger partial charge >= 0.3 is 0 Å². The van der Waals surface area contributed by atoms with Crippen molar-refractivity contribution in [1.29, 1.82) is 0 Å². The van der Waals surface area contributed by atoms with Crippen LogP contribution in [0.4, 0.5) is 0 Å². The zero-order valence-corrected chi connectivity index (χ0v) is 10.6. The van der Waals surface area contributed by atoms with Gasteiger partial charge in [-0.3, -0.25) is 5.10 Å². The van der Waals surface area contributed by atoms with Crippen molar-refractivity contribution in [2.24, 2.45) is 0 Å². The fraction of sp³-hybridized carbons (Fsp3) is 0.462. The molecule has 1 heterocycles. The molecule has 0 aliphatic rings. The maximum Gasteiger partial charge on any atom is 0.121 e. The number of fused-ring (bicyclic) bond motifs is 1. The molecule has 5 heteroatoms. The van der Waals surface area contributed by atoms with Crippen LogP contribution in [-0.2, 0) is 4.74 Å². The van der Waals surface area contributed by atoms with Gasteiger partial charge in [0.05, 0.1) is 24.4 Å². The Bertz CT molecular complexity index is 496. The lowest BCUT2D eigenvalue weighted by molar-refractivity contribution is -0.0122. The number of aromatic nitrogens is 2. The van der Waals surface area contributed by atoms with E-state index in [0.717, 1.165) is 10.9 Å². The van der Waals surface area contributed by atoms with Gasteiger partial charge in [-0.25, -0.2) is 0 Å². The second-order valence-electron chi connectivity index (χ2n) is 4.47. The summed E-state index contributed by atoms with van der Waals surface area (Å²) in [4.78, 5) is 0. The number of hydrogen-bond acceptors (Lipinski definition) is 4. The van der Waals surface area contributed by atoms with Crippen LogP contribution in [0.3, 0.4) is 0 Å². The smallest absolute Gasteiger partial charge is 0.121 e. The third kappa shape index (κ3) is 3.45. The lowest BCUT2D eigenvalue weighted by Gasteiger charge is -2.14. The molecule has 1 atom stereocenters. The molecule has 0 radical (unpaired) electrons. The molecule has 2 rings (SSSR count). The van der Waals surface area contributed by atoms with Gasteiger partial charge < -0.3 is 14.6 Å². The van der Waals surface area contributed by atoms with Gasteiger partial charge in [-0.05, 0) is 26.0 Å². The molecule has 0 unspecified atom stereocenters. The Balaban J connectivity index is 1.85. The Morgan fingerprint density at radius 3 is 2.94 bits per heavy atom. The molecule has 0 amide bonds. The maximum atomic E-state index is 9.66. The van der Waals surface area contributed by atoms with Gasteiger partial charge in [-0.15, -0.1) is 0 Å². The van der Waals surface area contributed by atoms with E-state index >= 15 is 0 Å². The summed E-state index contributed by atoms with van der Waals surface area (Å²) < 4.78 is 10.8. The lowest BCUT2D eigenvalue weighted by atomic mass is 10.2. The maximum absolute atomic E-state index is 9.66. The van der Waals surface area contributed by atoms with Crippen LogP contribution in [0, 0.1) is 0 Å². The highest BCUT2D eigenvalue weighted by atomic mass is 16.5. The molecular formula is C13H18N2O3. The van der Waals surface area contributed by atoms with Gasteiger partial charge in [-0.2, -0.15) is 5.10 Å². The lowest BCUT2D eigenvalue weighted by Crippen LogP contribution is -2.25. The Morgan fingerprint density at radius 2 is 2.17 bits per heavy atom. The quantitative estimate of drug-likeness (QED) is 0.819. The molecule has 18 heavy (non-hydrogen) atoms. The predicted octanol–water partition coefficient (Wildman–Crippen LogP) is 1.73. The number of benzene rings is 1. The van der Waals surface area contributed by atoms with Crippen molar-refractivity contribution in [3.8, 4) is 5.75 Å². The normalized spacial score (nSPS) is 13.1. The molecule has 0 bridgehead atoms. The van der Waals surface area contributed by atoms with Crippen molar-refractivity contribution in [3.05, 3.63) is 24.4 Å². The summed E-state index contributed by atoms with van der Waals surface area (Å²) >= 11 is 0. The molecular weight excluding hydrogens is 232 g/mol. The molecule has 0 saturated carbocycles. The molecule has 2 N–H and O–H groups in total. The topological polar surface area (TPSA) is 67.4 Å². The fourth-order valence-electron chi connectivity index (χ4n) is 1.55. The van der Waals surface area contributed by atoms with E-state index in [1.165, 1.54) is 0 Å². The van der Waals surface area contributed by atoms with Gasteiger partial charge in [-0.1, -0.05) is 0 Å². The standard InChI is InChI=1S/C13H18N2O3/c1-9(2)17-7-11(16)8-18-12-4-3-10-6-14-15-13(10)5-12/h3-6,9,11,16H,7-8H2,1-2H3,(H,14,15)/t11-/m1/s1. The van der Waals surface area contributed by atoms with E-state index in [9.17, 15) is 5.11 Å². The average molecular weight is 250 g/mol. The molecule has 0 aliphatic carbocycles. The Morgan fingerprint density at radius 1 is 1.33 bits per heavy atom. The highest BCUT2D eigenvalue weighted by Gasteiger charge is 2.07. The van der Waals surface area contributed by atoms with E-state index in [2.05, 4.69) is 10.2 Å². The molecule has 1 aromatic carbocycles.